The smallest absolute Gasteiger partial charge is 0.0472 e. The van der Waals surface area contributed by atoms with Crippen LogP contribution in [-0.2, 0) is 4.74 Å². The van der Waals surface area contributed by atoms with E-state index in [1.165, 1.54) is 94.6 Å². The van der Waals surface area contributed by atoms with Crippen LogP contribution in [0.2, 0.25) is 0 Å². The average molecular weight is 398 g/mol. The second-order valence-electron chi connectivity index (χ2n) is 10.2. The van der Waals surface area contributed by atoms with Crippen molar-refractivity contribution < 1.29 is 4.74 Å². The highest BCUT2D eigenvalue weighted by atomic mass is 16.5. The van der Waals surface area contributed by atoms with Crippen molar-refractivity contribution in [3.05, 3.63) is 23.8 Å². The summed E-state index contributed by atoms with van der Waals surface area (Å²) in [6.45, 7) is 12.8. The quantitative estimate of drug-likeness (QED) is 0.750. The molecule has 0 radical (unpaired) electrons. The number of aryl methyl sites for hydroxylation is 1. The van der Waals surface area contributed by atoms with Gasteiger partial charge in [0.15, 0.2) is 0 Å². The van der Waals surface area contributed by atoms with Crippen LogP contribution in [0.5, 0.6) is 0 Å². The topological polar surface area (TPSA) is 19.0 Å². The number of ether oxygens (including phenoxy) is 1. The Hall–Kier alpha value is -1.26. The molecule has 0 N–H and O–H groups in total. The van der Waals surface area contributed by atoms with Crippen molar-refractivity contribution in [2.24, 2.45) is 5.41 Å². The van der Waals surface area contributed by atoms with Crippen molar-refractivity contribution in [2.75, 3.05) is 55.7 Å². The first kappa shape index (κ1) is 19.7. The molecule has 0 amide bonds. The van der Waals surface area contributed by atoms with Gasteiger partial charge in [0, 0.05) is 62.9 Å². The van der Waals surface area contributed by atoms with Crippen molar-refractivity contribution in [2.45, 2.75) is 70.9 Å². The molecule has 29 heavy (non-hydrogen) atoms. The van der Waals surface area contributed by atoms with E-state index < -0.39 is 0 Å². The molecule has 4 fully saturated rings. The van der Waals surface area contributed by atoms with Gasteiger partial charge in [0.2, 0.25) is 0 Å². The molecule has 0 unspecified atom stereocenters. The summed E-state index contributed by atoms with van der Waals surface area (Å²) >= 11 is 0. The van der Waals surface area contributed by atoms with Crippen LogP contribution in [0.4, 0.5) is 11.4 Å². The minimum Gasteiger partial charge on any atom is -0.381 e. The van der Waals surface area contributed by atoms with Gasteiger partial charge in [-0.25, -0.2) is 0 Å². The van der Waals surface area contributed by atoms with E-state index in [2.05, 4.69) is 46.7 Å². The second kappa shape index (κ2) is 8.11. The van der Waals surface area contributed by atoms with Gasteiger partial charge < -0.3 is 14.5 Å². The summed E-state index contributed by atoms with van der Waals surface area (Å²) in [5.41, 5.74) is 4.84. The molecule has 160 valence electrons. The zero-order valence-electron chi connectivity index (χ0n) is 18.5. The summed E-state index contributed by atoms with van der Waals surface area (Å²) in [6.07, 6.45) is 9.27. The third-order valence-corrected chi connectivity index (χ3v) is 8.34. The molecule has 1 spiro atoms. The Morgan fingerprint density at radius 2 is 1.83 bits per heavy atom. The predicted octanol–water partition coefficient (Wildman–Crippen LogP) is 4.46. The maximum Gasteiger partial charge on any atom is 0.0472 e. The van der Waals surface area contributed by atoms with Crippen LogP contribution in [0, 0.1) is 12.3 Å². The zero-order valence-corrected chi connectivity index (χ0v) is 18.5. The first-order valence-electron chi connectivity index (χ1n) is 12.1. The van der Waals surface area contributed by atoms with Gasteiger partial charge in [-0.1, -0.05) is 0 Å². The van der Waals surface area contributed by atoms with Crippen LogP contribution in [0.15, 0.2) is 18.2 Å². The van der Waals surface area contributed by atoms with Gasteiger partial charge in [0.25, 0.3) is 0 Å². The number of nitrogens with zero attached hydrogens (tertiary/aromatic N) is 3. The summed E-state index contributed by atoms with van der Waals surface area (Å²) in [6, 6.07) is 8.79. The lowest BCUT2D eigenvalue weighted by molar-refractivity contribution is 0.00756. The van der Waals surface area contributed by atoms with Crippen molar-refractivity contribution in [3.63, 3.8) is 0 Å². The van der Waals surface area contributed by atoms with E-state index in [9.17, 15) is 0 Å². The second-order valence-corrected chi connectivity index (χ2v) is 10.2. The maximum absolute atomic E-state index is 5.66. The highest BCUT2D eigenvalue weighted by Gasteiger charge is 2.37. The maximum atomic E-state index is 5.66. The monoisotopic (exact) mass is 397 g/mol. The molecule has 0 bridgehead atoms. The van der Waals surface area contributed by atoms with Gasteiger partial charge >= 0.3 is 0 Å². The Morgan fingerprint density at radius 3 is 2.59 bits per heavy atom. The SMILES string of the molecule is Cc1cc(N2CC[C@@H](N3CCC[C@H]3C)C2)ccc1N1CCCC2(CCOCC2)C1. The molecule has 1 aromatic rings. The fourth-order valence-electron chi connectivity index (χ4n) is 6.56. The number of likely N-dealkylation sites (tertiary alicyclic amines) is 1. The molecule has 4 heterocycles. The minimum atomic E-state index is 0.496. The van der Waals surface area contributed by atoms with Crippen LogP contribution in [-0.4, -0.2) is 62.9 Å². The summed E-state index contributed by atoms with van der Waals surface area (Å²) in [5.74, 6) is 0. The van der Waals surface area contributed by atoms with Crippen molar-refractivity contribution in [1.29, 1.82) is 0 Å². The number of hydrogen-bond acceptors (Lipinski definition) is 4. The summed E-state index contributed by atoms with van der Waals surface area (Å²) in [4.78, 5) is 8.07. The molecule has 4 nitrogen and oxygen atoms in total. The van der Waals surface area contributed by atoms with Crippen molar-refractivity contribution >= 4 is 11.4 Å². The summed E-state index contributed by atoms with van der Waals surface area (Å²) in [7, 11) is 0. The molecule has 0 saturated carbocycles. The minimum absolute atomic E-state index is 0.496. The van der Waals surface area contributed by atoms with E-state index in [1.807, 2.05) is 0 Å². The summed E-state index contributed by atoms with van der Waals surface area (Å²) < 4.78 is 5.66. The lowest BCUT2D eigenvalue weighted by Crippen LogP contribution is -2.46. The van der Waals surface area contributed by atoms with E-state index in [0.29, 0.717) is 5.41 Å². The first-order valence-corrected chi connectivity index (χ1v) is 12.1. The Kier molecular flexibility index (Phi) is 5.51. The van der Waals surface area contributed by atoms with Crippen molar-refractivity contribution in [3.8, 4) is 0 Å². The van der Waals surface area contributed by atoms with Crippen LogP contribution in [0.25, 0.3) is 0 Å². The van der Waals surface area contributed by atoms with Gasteiger partial charge in [-0.2, -0.15) is 0 Å². The third-order valence-electron chi connectivity index (χ3n) is 8.34. The Balaban J connectivity index is 1.27. The molecule has 4 saturated heterocycles. The Morgan fingerprint density at radius 1 is 0.966 bits per heavy atom. The molecule has 5 rings (SSSR count). The van der Waals surface area contributed by atoms with Gasteiger partial charge in [0.05, 0.1) is 0 Å². The zero-order chi connectivity index (χ0) is 19.8. The van der Waals surface area contributed by atoms with E-state index in [4.69, 9.17) is 4.74 Å². The van der Waals surface area contributed by atoms with Crippen molar-refractivity contribution in [1.82, 2.24) is 4.90 Å². The average Bonchev–Trinajstić information content (AvgIpc) is 3.37. The highest BCUT2D eigenvalue weighted by Crippen LogP contribution is 2.41. The van der Waals surface area contributed by atoms with Gasteiger partial charge in [-0.15, -0.1) is 0 Å². The van der Waals surface area contributed by atoms with Crippen LogP contribution >= 0.6 is 0 Å². The summed E-state index contributed by atoms with van der Waals surface area (Å²) in [5, 5.41) is 0. The largest absolute Gasteiger partial charge is 0.381 e. The molecule has 2 atom stereocenters. The van der Waals surface area contributed by atoms with Crippen LogP contribution in [0.1, 0.15) is 57.4 Å². The van der Waals surface area contributed by atoms with Crippen LogP contribution < -0.4 is 9.80 Å². The predicted molar refractivity (Wildman–Crippen MR) is 121 cm³/mol. The van der Waals surface area contributed by atoms with Gasteiger partial charge in [0.1, 0.15) is 0 Å². The normalized spacial score (nSPS) is 30.4. The fourth-order valence-corrected chi connectivity index (χ4v) is 6.56. The van der Waals surface area contributed by atoms with E-state index in [-0.39, 0.29) is 0 Å². The third kappa shape index (κ3) is 3.90. The lowest BCUT2D eigenvalue weighted by Gasteiger charge is -2.46. The van der Waals surface area contributed by atoms with Gasteiger partial charge in [-0.05, 0) is 94.5 Å². The Bertz CT molecular complexity index is 709. The molecule has 4 aliphatic rings. The molecular formula is C25H39N3O. The molecular weight excluding hydrogens is 358 g/mol. The van der Waals surface area contributed by atoms with E-state index >= 15 is 0 Å². The molecule has 0 aliphatic carbocycles. The van der Waals surface area contributed by atoms with Crippen LogP contribution in [0.3, 0.4) is 0 Å². The van der Waals surface area contributed by atoms with Gasteiger partial charge in [-0.3, -0.25) is 4.90 Å². The molecule has 0 aromatic heterocycles. The first-order chi connectivity index (χ1) is 14.1. The number of hydrogen-bond donors (Lipinski definition) is 0. The molecule has 4 aliphatic heterocycles. The standard InChI is InChI=1S/C25H39N3O/c1-20-17-22(26-14-8-23(18-26)28-13-3-5-21(28)2)6-7-24(20)27-12-4-9-25(19-27)10-15-29-16-11-25/h6-7,17,21,23H,3-5,8-16,18-19H2,1-2H3/t21-,23-/m1/s1. The number of rotatable bonds is 3. The Labute approximate surface area is 177 Å². The highest BCUT2D eigenvalue weighted by molar-refractivity contribution is 5.62. The van der Waals surface area contributed by atoms with E-state index in [1.54, 1.807) is 0 Å². The lowest BCUT2D eigenvalue weighted by atomic mass is 9.73. The molecule has 4 heteroatoms. The number of benzene rings is 1. The van der Waals surface area contributed by atoms with E-state index in [0.717, 1.165) is 25.3 Å². The molecule has 1 aromatic carbocycles. The fraction of sp³-hybridized carbons (Fsp3) is 0.760. The number of anilines is 2. The number of piperidine rings is 1.